The van der Waals surface area contributed by atoms with Crippen molar-refractivity contribution >= 4 is 11.5 Å². The van der Waals surface area contributed by atoms with Crippen LogP contribution >= 0.6 is 0 Å². The van der Waals surface area contributed by atoms with Crippen LogP contribution in [0, 0.1) is 15.9 Å². The van der Waals surface area contributed by atoms with Crippen LogP contribution in [-0.2, 0) is 0 Å². The fourth-order valence-corrected chi connectivity index (χ4v) is 1.15. The first-order valence-electron chi connectivity index (χ1n) is 4.11. The van der Waals surface area contributed by atoms with E-state index in [1.165, 1.54) is 0 Å². The minimum atomic E-state index is -3.21. The van der Waals surface area contributed by atoms with Crippen molar-refractivity contribution in [2.45, 2.75) is 13.3 Å². The normalized spacial score (nSPS) is 10.6. The van der Waals surface area contributed by atoms with E-state index in [9.17, 15) is 28.1 Å². The maximum atomic E-state index is 13.3. The first-order chi connectivity index (χ1) is 7.34. The van der Waals surface area contributed by atoms with Crippen molar-refractivity contribution in [2.24, 2.45) is 0 Å². The molecular formula is C9H6F3NO3. The maximum absolute atomic E-state index is 13.3. The third-order valence-electron chi connectivity index (χ3n) is 1.91. The Morgan fingerprint density at radius 1 is 1.44 bits per heavy atom. The summed E-state index contributed by atoms with van der Waals surface area (Å²) in [5, 5.41) is 10.4. The van der Waals surface area contributed by atoms with Crippen molar-refractivity contribution in [1.82, 2.24) is 0 Å². The molecule has 0 unspecified atom stereocenters. The van der Waals surface area contributed by atoms with Gasteiger partial charge in [-0.1, -0.05) is 0 Å². The molecule has 1 aromatic rings. The molecular weight excluding hydrogens is 227 g/mol. The standard InChI is InChI=1S/C9H6F3NO3/c1-4(14)6-2-5(13(15)16)3-7(8(6)10)9(11)12/h2-3,9H,1H3. The Morgan fingerprint density at radius 2 is 2.00 bits per heavy atom. The van der Waals surface area contributed by atoms with Gasteiger partial charge in [-0.05, 0) is 6.92 Å². The van der Waals surface area contributed by atoms with E-state index in [-0.39, 0.29) is 0 Å². The number of alkyl halides is 2. The molecule has 0 fully saturated rings. The van der Waals surface area contributed by atoms with Crippen LogP contribution in [0.5, 0.6) is 0 Å². The van der Waals surface area contributed by atoms with Crippen molar-refractivity contribution in [1.29, 1.82) is 0 Å². The number of nitro benzene ring substituents is 1. The number of rotatable bonds is 3. The van der Waals surface area contributed by atoms with Gasteiger partial charge in [-0.25, -0.2) is 13.2 Å². The SMILES string of the molecule is CC(=O)c1cc([N+](=O)[O-])cc(C(F)F)c1F. The number of benzene rings is 1. The minimum Gasteiger partial charge on any atom is -0.294 e. The smallest absolute Gasteiger partial charge is 0.270 e. The molecule has 0 saturated heterocycles. The lowest BCUT2D eigenvalue weighted by atomic mass is 10.1. The molecule has 0 aliphatic rings. The molecule has 0 N–H and O–H groups in total. The van der Waals surface area contributed by atoms with E-state index in [2.05, 4.69) is 0 Å². The molecule has 0 aromatic heterocycles. The molecule has 0 amide bonds. The van der Waals surface area contributed by atoms with Crippen LogP contribution in [0.25, 0.3) is 0 Å². The summed E-state index contributed by atoms with van der Waals surface area (Å²) in [4.78, 5) is 20.3. The fourth-order valence-electron chi connectivity index (χ4n) is 1.15. The highest BCUT2D eigenvalue weighted by atomic mass is 19.3. The Bertz CT molecular complexity index is 460. The molecule has 1 aromatic carbocycles. The molecule has 0 spiro atoms. The summed E-state index contributed by atoms with van der Waals surface area (Å²) >= 11 is 0. The zero-order valence-corrected chi connectivity index (χ0v) is 8.04. The largest absolute Gasteiger partial charge is 0.294 e. The lowest BCUT2D eigenvalue weighted by molar-refractivity contribution is -0.385. The molecule has 4 nitrogen and oxygen atoms in total. The molecule has 0 bridgehead atoms. The number of nitro groups is 1. The van der Waals surface area contributed by atoms with E-state index in [1.807, 2.05) is 0 Å². The number of hydrogen-bond donors (Lipinski definition) is 0. The number of ketones is 1. The molecule has 16 heavy (non-hydrogen) atoms. The second-order valence-electron chi connectivity index (χ2n) is 3.01. The first kappa shape index (κ1) is 12.2. The van der Waals surface area contributed by atoms with Gasteiger partial charge >= 0.3 is 0 Å². The molecule has 1 rings (SSSR count). The van der Waals surface area contributed by atoms with Crippen LogP contribution in [0.1, 0.15) is 29.3 Å². The highest BCUT2D eigenvalue weighted by Crippen LogP contribution is 2.29. The van der Waals surface area contributed by atoms with Crippen molar-refractivity contribution in [3.05, 3.63) is 39.2 Å². The average molecular weight is 233 g/mol. The van der Waals surface area contributed by atoms with Gasteiger partial charge in [0.2, 0.25) is 0 Å². The lowest BCUT2D eigenvalue weighted by Crippen LogP contribution is -2.04. The summed E-state index contributed by atoms with van der Waals surface area (Å²) < 4.78 is 38.0. The second-order valence-corrected chi connectivity index (χ2v) is 3.01. The van der Waals surface area contributed by atoms with Gasteiger partial charge in [-0.2, -0.15) is 0 Å². The van der Waals surface area contributed by atoms with Gasteiger partial charge in [0.15, 0.2) is 5.78 Å². The average Bonchev–Trinajstić information content (AvgIpc) is 2.16. The Balaban J connectivity index is 3.51. The van der Waals surface area contributed by atoms with Gasteiger partial charge in [0.1, 0.15) is 5.82 Å². The molecule has 7 heteroatoms. The summed E-state index contributed by atoms with van der Waals surface area (Å²) in [6.45, 7) is 0.942. The number of halogens is 3. The quantitative estimate of drug-likeness (QED) is 0.458. The third-order valence-corrected chi connectivity index (χ3v) is 1.91. The van der Waals surface area contributed by atoms with Crippen LogP contribution < -0.4 is 0 Å². The number of carbonyl (C=O) groups is 1. The molecule has 0 heterocycles. The number of Topliss-reactive ketones (excluding diaryl/α,β-unsaturated/α-hetero) is 1. The van der Waals surface area contributed by atoms with Crippen LogP contribution in [-0.4, -0.2) is 10.7 Å². The molecule has 0 atom stereocenters. The topological polar surface area (TPSA) is 60.2 Å². The fraction of sp³-hybridized carbons (Fsp3) is 0.222. The summed E-state index contributed by atoms with van der Waals surface area (Å²) in [5.74, 6) is -2.25. The Kier molecular flexibility index (Phi) is 3.26. The van der Waals surface area contributed by atoms with Gasteiger partial charge in [0, 0.05) is 12.1 Å². The molecule has 0 saturated carbocycles. The zero-order chi connectivity index (χ0) is 12.5. The maximum Gasteiger partial charge on any atom is 0.270 e. The predicted molar refractivity (Wildman–Crippen MR) is 48.0 cm³/mol. The Hall–Kier alpha value is -1.92. The second kappa shape index (κ2) is 4.30. The van der Waals surface area contributed by atoms with Gasteiger partial charge in [0.05, 0.1) is 16.1 Å². The van der Waals surface area contributed by atoms with Gasteiger partial charge < -0.3 is 0 Å². The summed E-state index contributed by atoms with van der Waals surface area (Å²) in [7, 11) is 0. The van der Waals surface area contributed by atoms with E-state index < -0.39 is 39.8 Å². The van der Waals surface area contributed by atoms with Crippen LogP contribution in [0.2, 0.25) is 0 Å². The first-order valence-corrected chi connectivity index (χ1v) is 4.11. The predicted octanol–water partition coefficient (Wildman–Crippen LogP) is 2.87. The minimum absolute atomic E-state index is 0.423. The Morgan fingerprint density at radius 3 is 2.38 bits per heavy atom. The van der Waals surface area contributed by atoms with E-state index in [1.54, 1.807) is 0 Å². The highest BCUT2D eigenvalue weighted by molar-refractivity contribution is 5.95. The van der Waals surface area contributed by atoms with Gasteiger partial charge in [0.25, 0.3) is 12.1 Å². The van der Waals surface area contributed by atoms with E-state index in [0.29, 0.717) is 12.1 Å². The molecule has 0 aliphatic carbocycles. The Labute approximate surface area is 87.8 Å². The third kappa shape index (κ3) is 2.18. The number of carbonyl (C=O) groups excluding carboxylic acids is 1. The van der Waals surface area contributed by atoms with Crippen molar-refractivity contribution in [3.8, 4) is 0 Å². The zero-order valence-electron chi connectivity index (χ0n) is 8.04. The summed E-state index contributed by atoms with van der Waals surface area (Å²) in [6, 6.07) is 1.07. The number of hydrogen-bond acceptors (Lipinski definition) is 3. The van der Waals surface area contributed by atoms with Crippen LogP contribution in [0.4, 0.5) is 18.9 Å². The molecule has 0 radical (unpaired) electrons. The van der Waals surface area contributed by atoms with Crippen LogP contribution in [0.15, 0.2) is 12.1 Å². The highest BCUT2D eigenvalue weighted by Gasteiger charge is 2.23. The number of non-ortho nitro benzene ring substituents is 1. The molecule has 86 valence electrons. The van der Waals surface area contributed by atoms with E-state index >= 15 is 0 Å². The monoisotopic (exact) mass is 233 g/mol. The number of nitrogens with zero attached hydrogens (tertiary/aromatic N) is 1. The van der Waals surface area contributed by atoms with E-state index in [0.717, 1.165) is 6.92 Å². The van der Waals surface area contributed by atoms with Gasteiger partial charge in [-0.15, -0.1) is 0 Å². The van der Waals surface area contributed by atoms with Crippen molar-refractivity contribution in [3.63, 3.8) is 0 Å². The van der Waals surface area contributed by atoms with E-state index in [4.69, 9.17) is 0 Å². The lowest BCUT2D eigenvalue weighted by Gasteiger charge is -2.05. The van der Waals surface area contributed by atoms with Gasteiger partial charge in [-0.3, -0.25) is 14.9 Å². The van der Waals surface area contributed by atoms with Crippen molar-refractivity contribution in [2.75, 3.05) is 0 Å². The molecule has 0 aliphatic heterocycles. The van der Waals surface area contributed by atoms with Crippen LogP contribution in [0.3, 0.4) is 0 Å². The van der Waals surface area contributed by atoms with Crippen molar-refractivity contribution < 1.29 is 22.9 Å². The summed E-state index contributed by atoms with van der Waals surface area (Å²) in [5.41, 5.74) is -2.58. The summed E-state index contributed by atoms with van der Waals surface area (Å²) in [6.07, 6.45) is -3.21.